The summed E-state index contributed by atoms with van der Waals surface area (Å²) >= 11 is 0. The van der Waals surface area contributed by atoms with Crippen molar-refractivity contribution in [1.29, 1.82) is 0 Å². The molecule has 0 radical (unpaired) electrons. The third-order valence-electron chi connectivity index (χ3n) is 4.08. The average molecular weight is 333 g/mol. The van der Waals surface area contributed by atoms with E-state index in [-0.39, 0.29) is 30.3 Å². The van der Waals surface area contributed by atoms with Crippen LogP contribution in [-0.4, -0.2) is 16.8 Å². The molecule has 0 unspecified atom stereocenters. The molecule has 4 nitrogen and oxygen atoms in total. The van der Waals surface area contributed by atoms with Crippen LogP contribution < -0.4 is 5.32 Å². The summed E-state index contributed by atoms with van der Waals surface area (Å²) in [6, 6.07) is 18.4. The molecule has 0 aromatic heterocycles. The lowest BCUT2D eigenvalue weighted by atomic mass is 10.0. The number of nitrogens with one attached hydrogen (secondary N) is 1. The number of fused-ring (bicyclic) bond motifs is 1. The third kappa shape index (κ3) is 4.04. The highest BCUT2D eigenvalue weighted by Gasteiger charge is 2.11. The Morgan fingerprint density at radius 2 is 1.68 bits per heavy atom. The molecule has 126 valence electrons. The van der Waals surface area contributed by atoms with Crippen LogP contribution >= 0.6 is 0 Å². The molecular formula is C21H19NO3. The van der Waals surface area contributed by atoms with Crippen LogP contribution in [0.1, 0.15) is 28.8 Å². The van der Waals surface area contributed by atoms with E-state index in [0.29, 0.717) is 11.3 Å². The fourth-order valence-corrected chi connectivity index (χ4v) is 2.69. The number of phenols is 1. The number of carbonyl (C=O) groups is 2. The second kappa shape index (κ2) is 7.18. The van der Waals surface area contributed by atoms with Crippen molar-refractivity contribution in [2.24, 2.45) is 0 Å². The van der Waals surface area contributed by atoms with Gasteiger partial charge in [-0.25, -0.2) is 0 Å². The summed E-state index contributed by atoms with van der Waals surface area (Å²) in [4.78, 5) is 24.4. The van der Waals surface area contributed by atoms with E-state index in [4.69, 9.17) is 0 Å². The molecule has 0 atom stereocenters. The lowest BCUT2D eigenvalue weighted by molar-refractivity contribution is -0.116. The zero-order chi connectivity index (χ0) is 17.8. The predicted octanol–water partition coefficient (Wildman–Crippen LogP) is 4.46. The Morgan fingerprint density at radius 3 is 2.44 bits per heavy atom. The van der Waals surface area contributed by atoms with Gasteiger partial charge in [0.15, 0.2) is 5.78 Å². The minimum Gasteiger partial charge on any atom is -0.506 e. The minimum atomic E-state index is -0.298. The first kappa shape index (κ1) is 16.7. The number of benzene rings is 3. The molecular weight excluding hydrogens is 314 g/mol. The maximum atomic E-state index is 12.3. The lowest BCUT2D eigenvalue weighted by Crippen LogP contribution is -2.13. The van der Waals surface area contributed by atoms with E-state index < -0.39 is 0 Å². The summed E-state index contributed by atoms with van der Waals surface area (Å²) in [6.07, 6.45) is 0.190. The monoisotopic (exact) mass is 333 g/mol. The van der Waals surface area contributed by atoms with Crippen molar-refractivity contribution in [3.8, 4) is 5.75 Å². The van der Waals surface area contributed by atoms with E-state index in [1.54, 1.807) is 24.3 Å². The van der Waals surface area contributed by atoms with Crippen molar-refractivity contribution < 1.29 is 14.7 Å². The van der Waals surface area contributed by atoms with Crippen molar-refractivity contribution in [1.82, 2.24) is 0 Å². The molecule has 0 aliphatic carbocycles. The molecule has 0 spiro atoms. The normalized spacial score (nSPS) is 10.6. The van der Waals surface area contributed by atoms with Crippen molar-refractivity contribution in [2.45, 2.75) is 19.8 Å². The van der Waals surface area contributed by atoms with Crippen LogP contribution in [-0.2, 0) is 4.79 Å². The maximum absolute atomic E-state index is 12.3. The molecule has 0 aliphatic rings. The largest absolute Gasteiger partial charge is 0.506 e. The van der Waals surface area contributed by atoms with Gasteiger partial charge in [0.2, 0.25) is 5.91 Å². The molecule has 0 aliphatic heterocycles. The number of aromatic hydroxyl groups is 1. The Kier molecular flexibility index (Phi) is 4.80. The molecule has 0 saturated carbocycles. The SMILES string of the molecule is Cc1ccc(NC(=O)CCC(=O)c2ccc3ccccc3c2)c(O)c1. The number of amides is 1. The topological polar surface area (TPSA) is 66.4 Å². The van der Waals surface area contributed by atoms with E-state index in [2.05, 4.69) is 5.32 Å². The molecule has 1 amide bonds. The van der Waals surface area contributed by atoms with Crippen LogP contribution in [0.4, 0.5) is 5.69 Å². The van der Waals surface area contributed by atoms with Crippen LogP contribution in [0.15, 0.2) is 60.7 Å². The summed E-state index contributed by atoms with van der Waals surface area (Å²) in [5.41, 5.74) is 1.86. The van der Waals surface area contributed by atoms with Gasteiger partial charge in [0.25, 0.3) is 0 Å². The van der Waals surface area contributed by atoms with Crippen molar-refractivity contribution in [2.75, 3.05) is 5.32 Å². The Hall–Kier alpha value is -3.14. The number of Topliss-reactive ketones (excluding diaryl/α,β-unsaturated/α-hetero) is 1. The molecule has 0 fully saturated rings. The molecule has 0 saturated heterocycles. The smallest absolute Gasteiger partial charge is 0.224 e. The van der Waals surface area contributed by atoms with Crippen molar-refractivity contribution >= 4 is 28.2 Å². The number of aryl methyl sites for hydroxylation is 1. The first-order chi connectivity index (χ1) is 12.0. The second-order valence-corrected chi connectivity index (χ2v) is 6.05. The quantitative estimate of drug-likeness (QED) is 0.535. The number of anilines is 1. The summed E-state index contributed by atoms with van der Waals surface area (Å²) in [5, 5.41) is 14.5. The van der Waals surface area contributed by atoms with E-state index in [0.717, 1.165) is 16.3 Å². The Morgan fingerprint density at radius 1 is 0.920 bits per heavy atom. The number of ketones is 1. The van der Waals surface area contributed by atoms with Gasteiger partial charge in [-0.05, 0) is 41.5 Å². The van der Waals surface area contributed by atoms with Gasteiger partial charge in [0.05, 0.1) is 5.69 Å². The van der Waals surface area contributed by atoms with Crippen LogP contribution in [0.2, 0.25) is 0 Å². The highest BCUT2D eigenvalue weighted by molar-refractivity contribution is 6.02. The van der Waals surface area contributed by atoms with Crippen molar-refractivity contribution in [3.63, 3.8) is 0 Å². The van der Waals surface area contributed by atoms with Gasteiger partial charge in [0.1, 0.15) is 5.75 Å². The first-order valence-corrected chi connectivity index (χ1v) is 8.14. The fraction of sp³-hybridized carbons (Fsp3) is 0.143. The molecule has 3 aromatic rings. The number of carbonyl (C=O) groups excluding carboxylic acids is 2. The molecule has 3 aromatic carbocycles. The van der Waals surface area contributed by atoms with E-state index >= 15 is 0 Å². The van der Waals surface area contributed by atoms with Gasteiger partial charge in [-0.2, -0.15) is 0 Å². The number of rotatable bonds is 5. The average Bonchev–Trinajstić information content (AvgIpc) is 2.61. The van der Waals surface area contributed by atoms with E-state index in [1.165, 1.54) is 0 Å². The summed E-state index contributed by atoms with van der Waals surface area (Å²) in [6.45, 7) is 1.85. The van der Waals surface area contributed by atoms with Crippen molar-refractivity contribution in [3.05, 3.63) is 71.8 Å². The molecule has 0 bridgehead atoms. The van der Waals surface area contributed by atoms with E-state index in [9.17, 15) is 14.7 Å². The molecule has 4 heteroatoms. The van der Waals surface area contributed by atoms with Gasteiger partial charge < -0.3 is 10.4 Å². The van der Waals surface area contributed by atoms with Gasteiger partial charge in [-0.1, -0.05) is 42.5 Å². The Bertz CT molecular complexity index is 947. The minimum absolute atomic E-state index is 0.0224. The Labute approximate surface area is 146 Å². The standard InChI is InChI=1S/C21H19NO3/c1-14-6-9-18(20(24)12-14)22-21(25)11-10-19(23)17-8-7-15-4-2-3-5-16(15)13-17/h2-9,12-13,24H,10-11H2,1H3,(H,22,25). The van der Waals surface area contributed by atoms with Gasteiger partial charge in [0, 0.05) is 18.4 Å². The molecule has 2 N–H and O–H groups in total. The van der Waals surface area contributed by atoms with Gasteiger partial charge >= 0.3 is 0 Å². The van der Waals surface area contributed by atoms with Crippen LogP contribution in [0, 0.1) is 6.92 Å². The van der Waals surface area contributed by atoms with Crippen LogP contribution in [0.5, 0.6) is 5.75 Å². The zero-order valence-electron chi connectivity index (χ0n) is 14.0. The van der Waals surface area contributed by atoms with E-state index in [1.807, 2.05) is 43.3 Å². The number of hydrogen-bond donors (Lipinski definition) is 2. The Balaban J connectivity index is 1.61. The van der Waals surface area contributed by atoms with Gasteiger partial charge in [-0.3, -0.25) is 9.59 Å². The highest BCUT2D eigenvalue weighted by atomic mass is 16.3. The van der Waals surface area contributed by atoms with Crippen LogP contribution in [0.25, 0.3) is 10.8 Å². The summed E-state index contributed by atoms with van der Waals surface area (Å²) in [7, 11) is 0. The van der Waals surface area contributed by atoms with Crippen LogP contribution in [0.3, 0.4) is 0 Å². The number of phenolic OH excluding ortho intramolecular Hbond substituents is 1. The fourth-order valence-electron chi connectivity index (χ4n) is 2.69. The summed E-state index contributed by atoms with van der Waals surface area (Å²) in [5.74, 6) is -0.350. The molecule has 3 rings (SSSR count). The second-order valence-electron chi connectivity index (χ2n) is 6.05. The third-order valence-corrected chi connectivity index (χ3v) is 4.08. The number of hydrogen-bond acceptors (Lipinski definition) is 3. The highest BCUT2D eigenvalue weighted by Crippen LogP contribution is 2.24. The first-order valence-electron chi connectivity index (χ1n) is 8.14. The molecule has 0 heterocycles. The maximum Gasteiger partial charge on any atom is 0.224 e. The zero-order valence-corrected chi connectivity index (χ0v) is 14.0. The predicted molar refractivity (Wildman–Crippen MR) is 99.0 cm³/mol. The van der Waals surface area contributed by atoms with Gasteiger partial charge in [-0.15, -0.1) is 0 Å². The lowest BCUT2D eigenvalue weighted by Gasteiger charge is -2.08. The molecule has 25 heavy (non-hydrogen) atoms. The summed E-state index contributed by atoms with van der Waals surface area (Å²) < 4.78 is 0.